The van der Waals surface area contributed by atoms with Gasteiger partial charge < -0.3 is 14.8 Å². The lowest BCUT2D eigenvalue weighted by molar-refractivity contribution is -0.150. The summed E-state index contributed by atoms with van der Waals surface area (Å²) in [5.41, 5.74) is 6.33. The first-order chi connectivity index (χ1) is 19.9. The number of halogens is 2. The molecule has 1 saturated heterocycles. The summed E-state index contributed by atoms with van der Waals surface area (Å²) in [6.45, 7) is 8.19. The highest BCUT2D eigenvalue weighted by molar-refractivity contribution is 6.22. The molecular formula is C33H36ClFN2O5. The van der Waals surface area contributed by atoms with E-state index in [0.717, 1.165) is 27.8 Å². The first-order valence-corrected chi connectivity index (χ1v) is 14.4. The topological polar surface area (TPSA) is 84.9 Å². The predicted octanol–water partition coefficient (Wildman–Crippen LogP) is 6.70. The lowest BCUT2D eigenvalue weighted by Crippen LogP contribution is -2.33. The van der Waals surface area contributed by atoms with Crippen LogP contribution in [0.2, 0.25) is 0 Å². The molecule has 1 aliphatic heterocycles. The molecule has 0 atom stereocenters. The maximum Gasteiger partial charge on any atom is 0.307 e. The fourth-order valence-corrected chi connectivity index (χ4v) is 5.13. The molecule has 0 aliphatic carbocycles. The number of aryl methyl sites for hydroxylation is 3. The van der Waals surface area contributed by atoms with Crippen molar-refractivity contribution in [3.8, 4) is 16.9 Å². The Labute approximate surface area is 251 Å². The number of benzene rings is 3. The van der Waals surface area contributed by atoms with E-state index < -0.39 is 11.0 Å². The van der Waals surface area contributed by atoms with Gasteiger partial charge in [0.05, 0.1) is 6.54 Å². The van der Waals surface area contributed by atoms with Crippen molar-refractivity contribution in [3.63, 3.8) is 0 Å². The maximum atomic E-state index is 14.7. The van der Waals surface area contributed by atoms with Crippen molar-refractivity contribution in [3.05, 3.63) is 82.7 Å². The van der Waals surface area contributed by atoms with Crippen LogP contribution in [0.3, 0.4) is 0 Å². The molecule has 222 valence electrons. The molecule has 7 nitrogen and oxygen atoms in total. The maximum absolute atomic E-state index is 14.7. The third-order valence-electron chi connectivity index (χ3n) is 6.97. The Morgan fingerprint density at radius 3 is 2.36 bits per heavy atom. The number of nitrogens with one attached hydrogen (secondary N) is 1. The van der Waals surface area contributed by atoms with E-state index in [1.807, 2.05) is 38.1 Å². The van der Waals surface area contributed by atoms with Crippen molar-refractivity contribution in [2.45, 2.75) is 65.0 Å². The summed E-state index contributed by atoms with van der Waals surface area (Å²) in [5.74, 6) is -0.463. The molecule has 0 radical (unpaired) electrons. The molecule has 0 spiro atoms. The fraction of sp³-hybridized carbons (Fsp3) is 0.364. The van der Waals surface area contributed by atoms with Crippen LogP contribution in [0.25, 0.3) is 11.1 Å². The number of rotatable bonds is 12. The summed E-state index contributed by atoms with van der Waals surface area (Å²) in [4.78, 5) is 36.8. The average molecular weight is 595 g/mol. The monoisotopic (exact) mass is 594 g/mol. The molecule has 0 aromatic heterocycles. The Balaban J connectivity index is 1.35. The first kappa shape index (κ1) is 31.0. The van der Waals surface area contributed by atoms with Gasteiger partial charge in [0.2, 0.25) is 11.8 Å². The Morgan fingerprint density at radius 1 is 1.02 bits per heavy atom. The third kappa shape index (κ3) is 8.32. The number of esters is 1. The number of alkyl halides is 1. The van der Waals surface area contributed by atoms with E-state index in [0.29, 0.717) is 23.5 Å². The molecule has 3 aromatic carbocycles. The van der Waals surface area contributed by atoms with Crippen LogP contribution in [0.1, 0.15) is 55.4 Å². The molecular weight excluding hydrogens is 559 g/mol. The van der Waals surface area contributed by atoms with Crippen LogP contribution in [-0.2, 0) is 32.1 Å². The van der Waals surface area contributed by atoms with Crippen LogP contribution in [0, 0.1) is 19.7 Å². The van der Waals surface area contributed by atoms with Gasteiger partial charge in [-0.3, -0.25) is 19.3 Å². The van der Waals surface area contributed by atoms with Crippen LogP contribution < -0.4 is 10.1 Å². The molecule has 0 saturated carbocycles. The Hall–Kier alpha value is -3.91. The van der Waals surface area contributed by atoms with E-state index in [2.05, 4.69) is 17.4 Å². The minimum absolute atomic E-state index is 0.0409. The van der Waals surface area contributed by atoms with E-state index in [-0.39, 0.29) is 56.5 Å². The highest BCUT2D eigenvalue weighted by Gasteiger charge is 2.28. The molecule has 4 rings (SSSR count). The van der Waals surface area contributed by atoms with Gasteiger partial charge in [-0.05, 0) is 97.8 Å². The molecule has 1 N–H and O–H groups in total. The van der Waals surface area contributed by atoms with Crippen LogP contribution in [0.4, 0.5) is 10.1 Å². The van der Waals surface area contributed by atoms with E-state index in [4.69, 9.17) is 21.1 Å². The third-order valence-corrected chi connectivity index (χ3v) is 7.04. The standard InChI is InChI=1S/C33H36ClFN2O5/c1-21-16-27(41-15-14-37-29(38)11-12-30(37)39)17-22(2)32(21)25-7-5-6-23(18-25)20-36-26-10-8-24(28(35)19-26)9-13-31(40)42-33(3,4)34/h5-8,10,16-19,36H,9,11-15,20H2,1-4H3. The Bertz CT molecular complexity index is 1440. The second-order valence-corrected chi connectivity index (χ2v) is 11.8. The summed E-state index contributed by atoms with van der Waals surface area (Å²) in [5, 5.41) is 2.19. The highest BCUT2D eigenvalue weighted by atomic mass is 35.5. The minimum atomic E-state index is -1.09. The second-order valence-electron chi connectivity index (χ2n) is 10.9. The van der Waals surface area contributed by atoms with Gasteiger partial charge in [-0.15, -0.1) is 0 Å². The van der Waals surface area contributed by atoms with Gasteiger partial charge in [-0.2, -0.15) is 0 Å². The number of nitrogens with zero attached hydrogens (tertiary/aromatic N) is 1. The summed E-state index contributed by atoms with van der Waals surface area (Å²) in [6, 6.07) is 17.0. The average Bonchev–Trinajstić information content (AvgIpc) is 3.22. The van der Waals surface area contributed by atoms with Gasteiger partial charge in [0, 0.05) is 31.5 Å². The smallest absolute Gasteiger partial charge is 0.307 e. The van der Waals surface area contributed by atoms with Gasteiger partial charge in [-0.1, -0.05) is 35.9 Å². The van der Waals surface area contributed by atoms with Crippen molar-refractivity contribution < 1.29 is 28.2 Å². The summed E-state index contributed by atoms with van der Waals surface area (Å²) >= 11 is 5.91. The van der Waals surface area contributed by atoms with Crippen molar-refractivity contribution in [1.82, 2.24) is 4.90 Å². The number of hydrogen-bond donors (Lipinski definition) is 1. The van der Waals surface area contributed by atoms with Crippen molar-refractivity contribution >= 4 is 35.1 Å². The van der Waals surface area contributed by atoms with Gasteiger partial charge in [0.1, 0.15) is 18.2 Å². The Kier molecular flexibility index (Phi) is 9.89. The zero-order valence-electron chi connectivity index (χ0n) is 24.4. The first-order valence-electron chi connectivity index (χ1n) is 14.0. The zero-order valence-corrected chi connectivity index (χ0v) is 25.1. The van der Waals surface area contributed by atoms with E-state index in [9.17, 15) is 18.8 Å². The molecule has 1 fully saturated rings. The molecule has 42 heavy (non-hydrogen) atoms. The van der Waals surface area contributed by atoms with Crippen LogP contribution in [0.5, 0.6) is 5.75 Å². The number of ether oxygens (including phenoxy) is 2. The minimum Gasteiger partial charge on any atom is -0.492 e. The lowest BCUT2D eigenvalue weighted by atomic mass is 9.94. The number of amides is 2. The lowest BCUT2D eigenvalue weighted by Gasteiger charge is -2.17. The van der Waals surface area contributed by atoms with Gasteiger partial charge in [0.15, 0.2) is 5.06 Å². The highest BCUT2D eigenvalue weighted by Crippen LogP contribution is 2.32. The molecule has 0 bridgehead atoms. The SMILES string of the molecule is Cc1cc(OCCN2C(=O)CCC2=O)cc(C)c1-c1cccc(CNc2ccc(CCC(=O)OC(C)(C)Cl)c(F)c2)c1. The quantitative estimate of drug-likeness (QED) is 0.143. The normalized spacial score (nSPS) is 13.4. The fourth-order valence-electron chi connectivity index (χ4n) is 5.05. The van der Waals surface area contributed by atoms with E-state index >= 15 is 0 Å². The van der Waals surface area contributed by atoms with E-state index in [1.165, 1.54) is 11.0 Å². The number of carbonyl (C=O) groups is 3. The molecule has 1 aliphatic rings. The Morgan fingerprint density at radius 2 is 1.71 bits per heavy atom. The molecule has 0 unspecified atom stereocenters. The number of likely N-dealkylation sites (tertiary alicyclic amines) is 1. The van der Waals surface area contributed by atoms with Crippen LogP contribution >= 0.6 is 11.6 Å². The van der Waals surface area contributed by atoms with Gasteiger partial charge in [0.25, 0.3) is 0 Å². The largest absolute Gasteiger partial charge is 0.492 e. The van der Waals surface area contributed by atoms with Gasteiger partial charge >= 0.3 is 5.97 Å². The summed E-state index contributed by atoms with van der Waals surface area (Å²) < 4.78 is 25.7. The van der Waals surface area contributed by atoms with Crippen molar-refractivity contribution in [1.29, 1.82) is 0 Å². The van der Waals surface area contributed by atoms with E-state index in [1.54, 1.807) is 26.0 Å². The zero-order chi connectivity index (χ0) is 30.4. The molecule has 1 heterocycles. The predicted molar refractivity (Wildman–Crippen MR) is 161 cm³/mol. The summed E-state index contributed by atoms with van der Waals surface area (Å²) in [7, 11) is 0. The van der Waals surface area contributed by atoms with Crippen LogP contribution in [-0.4, -0.2) is 40.9 Å². The number of hydrogen-bond acceptors (Lipinski definition) is 6. The molecule has 9 heteroatoms. The number of anilines is 1. The van der Waals surface area contributed by atoms with Gasteiger partial charge in [-0.25, -0.2) is 4.39 Å². The molecule has 2 amide bonds. The van der Waals surface area contributed by atoms with Crippen LogP contribution in [0.15, 0.2) is 54.6 Å². The second kappa shape index (κ2) is 13.4. The van der Waals surface area contributed by atoms with Crippen molar-refractivity contribution in [2.24, 2.45) is 0 Å². The number of imide groups is 1. The van der Waals surface area contributed by atoms with Crippen molar-refractivity contribution in [2.75, 3.05) is 18.5 Å². The summed E-state index contributed by atoms with van der Waals surface area (Å²) in [6.07, 6.45) is 0.814. The number of carbonyl (C=O) groups excluding carboxylic acids is 3. The molecule has 3 aromatic rings.